The number of benzene rings is 1. The van der Waals surface area contributed by atoms with Crippen LogP contribution in [-0.2, 0) is 4.79 Å². The molecule has 0 fully saturated rings. The van der Waals surface area contributed by atoms with Gasteiger partial charge in [0.2, 0.25) is 0 Å². The maximum atomic E-state index is 10.2. The Hall–Kier alpha value is 0.360. The number of carbonyl (C=O) groups is 1. The molecule has 0 aliphatic carbocycles. The van der Waals surface area contributed by atoms with Crippen LogP contribution in [0.5, 0.6) is 5.75 Å². The molecule has 77 valence electrons. The fourth-order valence-electron chi connectivity index (χ4n) is 0.801. The molecule has 1 rings (SSSR count). The van der Waals surface area contributed by atoms with Crippen molar-refractivity contribution in [1.82, 2.24) is 0 Å². The van der Waals surface area contributed by atoms with E-state index in [0.717, 1.165) is 0 Å². The van der Waals surface area contributed by atoms with E-state index in [1.54, 1.807) is 0 Å². The van der Waals surface area contributed by atoms with Crippen LogP contribution in [0, 0.1) is 0 Å². The average molecular weight is 278 g/mol. The number of hydrogen-bond donors (Lipinski definition) is 1. The molecule has 0 bridgehead atoms. The average Bonchev–Trinajstić information content (AvgIpc) is 2.01. The van der Waals surface area contributed by atoms with Crippen molar-refractivity contribution in [3.05, 3.63) is 27.2 Å². The van der Waals surface area contributed by atoms with Crippen molar-refractivity contribution in [2.75, 3.05) is 6.61 Å². The molecule has 0 atom stereocenters. The van der Waals surface area contributed by atoms with Crippen LogP contribution in [0.4, 0.5) is 0 Å². The summed E-state index contributed by atoms with van der Waals surface area (Å²) >= 11 is 17.1. The molecule has 0 saturated carbocycles. The molecule has 0 amide bonds. The fourth-order valence-corrected chi connectivity index (χ4v) is 1.73. The third kappa shape index (κ3) is 4.81. The normalized spacial score (nSPS) is 9.27. The van der Waals surface area contributed by atoms with Crippen molar-refractivity contribution < 1.29 is 14.6 Å². The molecular formula is C8H5Cl3NaO3. The van der Waals surface area contributed by atoms with E-state index in [0.29, 0.717) is 5.02 Å². The third-order valence-electron chi connectivity index (χ3n) is 1.30. The molecule has 0 aliphatic rings. The second-order valence-electron chi connectivity index (χ2n) is 2.38. The molecule has 0 spiro atoms. The first-order chi connectivity index (χ1) is 6.50. The van der Waals surface area contributed by atoms with E-state index in [1.807, 2.05) is 0 Å². The second kappa shape index (κ2) is 6.84. The summed E-state index contributed by atoms with van der Waals surface area (Å²) in [5.41, 5.74) is 0. The van der Waals surface area contributed by atoms with Gasteiger partial charge in [0.1, 0.15) is 0 Å². The monoisotopic (exact) mass is 277 g/mol. The second-order valence-corrected chi connectivity index (χ2v) is 3.63. The van der Waals surface area contributed by atoms with Gasteiger partial charge < -0.3 is 9.84 Å². The van der Waals surface area contributed by atoms with E-state index in [1.165, 1.54) is 12.1 Å². The Labute approximate surface area is 124 Å². The summed E-state index contributed by atoms with van der Waals surface area (Å²) in [5, 5.41) is 9.11. The summed E-state index contributed by atoms with van der Waals surface area (Å²) in [6.07, 6.45) is 0. The molecule has 0 saturated heterocycles. The predicted octanol–water partition coefficient (Wildman–Crippen LogP) is 2.73. The van der Waals surface area contributed by atoms with Crippen LogP contribution in [0.25, 0.3) is 0 Å². The van der Waals surface area contributed by atoms with E-state index < -0.39 is 12.6 Å². The number of halogens is 3. The van der Waals surface area contributed by atoms with Gasteiger partial charge in [-0.15, -0.1) is 0 Å². The van der Waals surface area contributed by atoms with Crippen molar-refractivity contribution >= 4 is 70.3 Å². The van der Waals surface area contributed by atoms with Crippen molar-refractivity contribution in [2.45, 2.75) is 0 Å². The van der Waals surface area contributed by atoms with Gasteiger partial charge in [-0.2, -0.15) is 0 Å². The Morgan fingerprint density at radius 1 is 1.27 bits per heavy atom. The number of carboxylic acid groups (broad SMARTS) is 1. The van der Waals surface area contributed by atoms with E-state index in [9.17, 15) is 4.79 Å². The maximum absolute atomic E-state index is 10.2. The summed E-state index contributed by atoms with van der Waals surface area (Å²) in [6.45, 7) is -0.499. The Kier molecular flexibility index (Phi) is 7.00. The van der Waals surface area contributed by atoms with Gasteiger partial charge in [0.05, 0.1) is 10.0 Å². The zero-order chi connectivity index (χ0) is 10.7. The Morgan fingerprint density at radius 3 is 2.13 bits per heavy atom. The number of aliphatic carboxylic acids is 1. The zero-order valence-corrected chi connectivity index (χ0v) is 12.0. The van der Waals surface area contributed by atoms with Crippen LogP contribution in [0.15, 0.2) is 12.1 Å². The van der Waals surface area contributed by atoms with Gasteiger partial charge in [0.25, 0.3) is 0 Å². The first-order valence-corrected chi connectivity index (χ1v) is 4.63. The number of ether oxygens (including phenoxy) is 1. The van der Waals surface area contributed by atoms with Crippen LogP contribution >= 0.6 is 34.8 Å². The molecule has 1 aromatic carbocycles. The fraction of sp³-hybridized carbons (Fsp3) is 0.125. The van der Waals surface area contributed by atoms with E-state index >= 15 is 0 Å². The smallest absolute Gasteiger partial charge is 0.341 e. The number of rotatable bonds is 3. The summed E-state index contributed by atoms with van der Waals surface area (Å²) in [5.74, 6) is -0.979. The molecule has 1 N–H and O–H groups in total. The standard InChI is InChI=1S/C8H5Cl3O3.Na/c9-4-1-5(10)8(6(11)2-4)14-3-7(12)13;/h1-2H,3H2,(H,12,13);. The van der Waals surface area contributed by atoms with Crippen LogP contribution in [0.2, 0.25) is 15.1 Å². The predicted molar refractivity (Wildman–Crippen MR) is 60.4 cm³/mol. The van der Waals surface area contributed by atoms with Crippen LogP contribution < -0.4 is 4.74 Å². The van der Waals surface area contributed by atoms with Gasteiger partial charge >= 0.3 is 5.97 Å². The molecule has 0 unspecified atom stereocenters. The minimum atomic E-state index is -1.10. The van der Waals surface area contributed by atoms with Crippen molar-refractivity contribution in [3.8, 4) is 5.75 Å². The number of carboxylic acids is 1. The minimum Gasteiger partial charge on any atom is -0.479 e. The Balaban J connectivity index is 0.00000196. The van der Waals surface area contributed by atoms with Crippen molar-refractivity contribution in [1.29, 1.82) is 0 Å². The van der Waals surface area contributed by atoms with Gasteiger partial charge in [-0.3, -0.25) is 0 Å². The SMILES string of the molecule is O=C(O)COc1c(Cl)cc(Cl)cc1Cl.[Na]. The maximum Gasteiger partial charge on any atom is 0.341 e. The van der Waals surface area contributed by atoms with Crippen LogP contribution in [0.3, 0.4) is 0 Å². The summed E-state index contributed by atoms with van der Waals surface area (Å²) in [4.78, 5) is 10.2. The van der Waals surface area contributed by atoms with Crippen LogP contribution in [0.1, 0.15) is 0 Å². The molecule has 1 radical (unpaired) electrons. The van der Waals surface area contributed by atoms with E-state index in [2.05, 4.69) is 0 Å². The zero-order valence-electron chi connectivity index (χ0n) is 7.76. The number of hydrogen-bond acceptors (Lipinski definition) is 2. The van der Waals surface area contributed by atoms with E-state index in [4.69, 9.17) is 44.6 Å². The minimum absolute atomic E-state index is 0. The first kappa shape index (κ1) is 15.4. The summed E-state index contributed by atoms with van der Waals surface area (Å²) < 4.78 is 4.86. The van der Waals surface area contributed by atoms with Gasteiger partial charge in [-0.25, -0.2) is 4.79 Å². The van der Waals surface area contributed by atoms with Gasteiger partial charge in [-0.05, 0) is 12.1 Å². The largest absolute Gasteiger partial charge is 0.479 e. The van der Waals surface area contributed by atoms with Gasteiger partial charge in [0.15, 0.2) is 12.4 Å². The molecule has 0 heterocycles. The third-order valence-corrected chi connectivity index (χ3v) is 2.08. The molecule has 0 aliphatic heterocycles. The molecular weight excluding hydrogens is 273 g/mol. The van der Waals surface area contributed by atoms with Crippen molar-refractivity contribution in [2.24, 2.45) is 0 Å². The van der Waals surface area contributed by atoms with Crippen molar-refractivity contribution in [3.63, 3.8) is 0 Å². The topological polar surface area (TPSA) is 46.5 Å². The first-order valence-electron chi connectivity index (χ1n) is 3.50. The van der Waals surface area contributed by atoms with Gasteiger partial charge in [-0.1, -0.05) is 34.8 Å². The quantitative estimate of drug-likeness (QED) is 0.865. The molecule has 1 aromatic rings. The van der Waals surface area contributed by atoms with E-state index in [-0.39, 0.29) is 45.4 Å². The van der Waals surface area contributed by atoms with Crippen LogP contribution in [-0.4, -0.2) is 47.2 Å². The molecule has 15 heavy (non-hydrogen) atoms. The summed E-state index contributed by atoms with van der Waals surface area (Å²) in [7, 11) is 0. The Morgan fingerprint density at radius 2 is 1.73 bits per heavy atom. The molecule has 0 aromatic heterocycles. The summed E-state index contributed by atoms with van der Waals surface area (Å²) in [6, 6.07) is 2.85. The Bertz CT molecular complexity index is 347. The molecule has 7 heteroatoms. The van der Waals surface area contributed by atoms with Gasteiger partial charge in [0, 0.05) is 34.6 Å². The molecule has 3 nitrogen and oxygen atoms in total.